The first-order chi connectivity index (χ1) is 20.9. The molecule has 1 aromatic heterocycles. The molecule has 0 saturated carbocycles. The number of anilines is 5. The molecule has 0 radical (unpaired) electrons. The maximum atomic E-state index is 12.8. The zero-order valence-corrected chi connectivity index (χ0v) is 24.4. The Bertz CT molecular complexity index is 1780. The van der Waals surface area contributed by atoms with Gasteiger partial charge in [-0.25, -0.2) is 9.97 Å². The summed E-state index contributed by atoms with van der Waals surface area (Å²) in [5, 5.41) is 6.01. The minimum absolute atomic E-state index is 0.0219. The largest absolute Gasteiger partial charge is 0.755 e. The van der Waals surface area contributed by atoms with Crippen molar-refractivity contribution in [1.82, 2.24) is 9.97 Å². The summed E-state index contributed by atoms with van der Waals surface area (Å²) in [5.74, 6) is 1.62. The van der Waals surface area contributed by atoms with Crippen LogP contribution in [0.3, 0.4) is 0 Å². The Morgan fingerprint density at radius 1 is 0.791 bits per heavy atom. The normalized spacial score (nSPS) is 11.4. The van der Waals surface area contributed by atoms with Gasteiger partial charge in [0.15, 0.2) is 11.6 Å². The molecule has 0 aliphatic rings. The van der Waals surface area contributed by atoms with Gasteiger partial charge in [-0.3, -0.25) is 13.3 Å². The van der Waals surface area contributed by atoms with Crippen LogP contribution in [0.2, 0.25) is 0 Å². The van der Waals surface area contributed by atoms with Crippen LogP contribution in [0.1, 0.15) is 5.56 Å². The number of ether oxygens (including phenoxy) is 3. The number of nitrogens with zero attached hydrogens (tertiary/aromatic N) is 3. The van der Waals surface area contributed by atoms with Crippen LogP contribution in [0.4, 0.5) is 28.7 Å². The topological polar surface area (TPSA) is 138 Å². The SMILES string of the molecule is COc1cccc(CC(=O)Nc2cccc(N(c3nc4ccccc4nc3Nc3cc(OC)cc(OC)c3)S(=O)[O-])c2)c1. The molecular weight excluding hydrogens is 570 g/mol. The Labute approximate surface area is 250 Å². The third kappa shape index (κ3) is 7.00. The minimum Gasteiger partial charge on any atom is -0.755 e. The van der Waals surface area contributed by atoms with E-state index in [0.717, 1.165) is 9.87 Å². The van der Waals surface area contributed by atoms with E-state index in [-0.39, 0.29) is 29.7 Å². The van der Waals surface area contributed by atoms with Gasteiger partial charge in [-0.1, -0.05) is 30.3 Å². The zero-order valence-electron chi connectivity index (χ0n) is 23.6. The van der Waals surface area contributed by atoms with Crippen molar-refractivity contribution in [1.29, 1.82) is 0 Å². The fraction of sp³-hybridized carbons (Fsp3) is 0.129. The Morgan fingerprint density at radius 3 is 2.14 bits per heavy atom. The van der Waals surface area contributed by atoms with E-state index in [0.29, 0.717) is 39.7 Å². The number of hydrogen-bond donors (Lipinski definition) is 2. The highest BCUT2D eigenvalue weighted by Gasteiger charge is 2.21. The highest BCUT2D eigenvalue weighted by molar-refractivity contribution is 7.81. The number of methoxy groups -OCH3 is 3. The van der Waals surface area contributed by atoms with Crippen molar-refractivity contribution >= 4 is 56.9 Å². The summed E-state index contributed by atoms with van der Waals surface area (Å²) in [7, 11) is 4.62. The van der Waals surface area contributed by atoms with Gasteiger partial charge in [0.05, 0.1) is 55.7 Å². The summed E-state index contributed by atoms with van der Waals surface area (Å²) in [5.41, 5.74) is 3.00. The fourth-order valence-corrected chi connectivity index (χ4v) is 4.95. The standard InChI is InChI=1S/C31H29N5O6S/c1-40-24-11-6-8-20(14-24)15-29(37)32-21-9-7-10-23(16-21)36(43(38)39)31-30(34-27-12-4-5-13-28(27)35-31)33-22-17-25(41-2)19-26(18-22)42-3/h4-14,16-19H,15H2,1-3H3,(H,32,37)(H,33,34)(H,38,39)/p-1. The second-order valence-corrected chi connectivity index (χ2v) is 10.0. The second kappa shape index (κ2) is 13.2. The number of para-hydroxylation sites is 2. The van der Waals surface area contributed by atoms with Crippen molar-refractivity contribution in [2.24, 2.45) is 0 Å². The average molecular weight is 599 g/mol. The summed E-state index contributed by atoms with van der Waals surface area (Å²) in [6.45, 7) is 0. The predicted octanol–water partition coefficient (Wildman–Crippen LogP) is 5.51. The van der Waals surface area contributed by atoms with Crippen molar-refractivity contribution < 1.29 is 27.8 Å². The molecule has 11 nitrogen and oxygen atoms in total. The van der Waals surface area contributed by atoms with Crippen molar-refractivity contribution in [3.05, 3.63) is 96.6 Å². The Balaban J connectivity index is 1.51. The maximum Gasteiger partial charge on any atom is 0.228 e. The van der Waals surface area contributed by atoms with E-state index in [1.54, 1.807) is 86.0 Å². The molecule has 0 saturated heterocycles. The molecule has 0 fully saturated rings. The molecule has 1 amide bonds. The van der Waals surface area contributed by atoms with E-state index in [4.69, 9.17) is 19.2 Å². The number of rotatable bonds is 11. The lowest BCUT2D eigenvalue weighted by Gasteiger charge is -2.27. The average Bonchev–Trinajstić information content (AvgIpc) is 3.01. The van der Waals surface area contributed by atoms with Gasteiger partial charge in [0.25, 0.3) is 0 Å². The second-order valence-electron chi connectivity index (χ2n) is 9.25. The van der Waals surface area contributed by atoms with Crippen molar-refractivity contribution in [2.75, 3.05) is 36.3 Å². The lowest BCUT2D eigenvalue weighted by Crippen LogP contribution is -2.23. The molecule has 1 atom stereocenters. The molecule has 0 spiro atoms. The van der Waals surface area contributed by atoms with Crippen LogP contribution in [0.5, 0.6) is 17.2 Å². The molecule has 1 heterocycles. The molecule has 0 aliphatic heterocycles. The number of nitrogens with one attached hydrogen (secondary N) is 2. The zero-order chi connectivity index (χ0) is 30.3. The molecule has 43 heavy (non-hydrogen) atoms. The first kappa shape index (κ1) is 29.3. The van der Waals surface area contributed by atoms with E-state index < -0.39 is 11.3 Å². The van der Waals surface area contributed by atoms with Gasteiger partial charge in [0.1, 0.15) is 17.2 Å². The quantitative estimate of drug-likeness (QED) is 0.188. The Kier molecular flexibility index (Phi) is 8.99. The Morgan fingerprint density at radius 2 is 1.47 bits per heavy atom. The summed E-state index contributed by atoms with van der Waals surface area (Å²) in [6.07, 6.45) is 0.104. The van der Waals surface area contributed by atoms with Gasteiger partial charge in [-0.05, 0) is 48.0 Å². The smallest absolute Gasteiger partial charge is 0.228 e. The van der Waals surface area contributed by atoms with Crippen LogP contribution in [-0.4, -0.2) is 46.0 Å². The van der Waals surface area contributed by atoms with Crippen LogP contribution in [-0.2, 0) is 22.5 Å². The third-order valence-corrected chi connectivity index (χ3v) is 7.05. The first-order valence-corrected chi connectivity index (χ1v) is 14.1. The maximum absolute atomic E-state index is 12.8. The van der Waals surface area contributed by atoms with Gasteiger partial charge in [0.2, 0.25) is 5.91 Å². The molecule has 4 aromatic carbocycles. The van der Waals surface area contributed by atoms with Gasteiger partial charge in [0, 0.05) is 29.6 Å². The predicted molar refractivity (Wildman–Crippen MR) is 165 cm³/mol. The van der Waals surface area contributed by atoms with Crippen molar-refractivity contribution in [2.45, 2.75) is 6.42 Å². The molecule has 2 N–H and O–H groups in total. The number of benzene rings is 4. The van der Waals surface area contributed by atoms with Gasteiger partial charge in [-0.2, -0.15) is 0 Å². The van der Waals surface area contributed by atoms with E-state index in [2.05, 4.69) is 15.6 Å². The molecule has 12 heteroatoms. The van der Waals surface area contributed by atoms with Crippen LogP contribution in [0.15, 0.2) is 91.0 Å². The lowest BCUT2D eigenvalue weighted by atomic mass is 10.1. The van der Waals surface area contributed by atoms with Crippen molar-refractivity contribution in [3.8, 4) is 17.2 Å². The molecular formula is C31H28N5O6S-. The first-order valence-electron chi connectivity index (χ1n) is 13.1. The van der Waals surface area contributed by atoms with Crippen LogP contribution in [0.25, 0.3) is 11.0 Å². The minimum atomic E-state index is -2.82. The number of amides is 1. The van der Waals surface area contributed by atoms with Gasteiger partial charge < -0.3 is 29.4 Å². The third-order valence-electron chi connectivity index (χ3n) is 6.37. The summed E-state index contributed by atoms with van der Waals surface area (Å²) < 4.78 is 42.5. The van der Waals surface area contributed by atoms with E-state index in [1.165, 1.54) is 14.2 Å². The molecule has 220 valence electrons. The summed E-state index contributed by atoms with van der Waals surface area (Å²) >= 11 is -2.82. The molecule has 1 unspecified atom stereocenters. The fourth-order valence-electron chi connectivity index (χ4n) is 4.39. The number of carbonyl (C=O) groups is 1. The highest BCUT2D eigenvalue weighted by Crippen LogP contribution is 2.36. The van der Waals surface area contributed by atoms with Gasteiger partial charge >= 0.3 is 0 Å². The number of aromatic nitrogens is 2. The van der Waals surface area contributed by atoms with E-state index in [9.17, 15) is 13.6 Å². The Hall–Kier alpha value is -5.20. The highest BCUT2D eigenvalue weighted by atomic mass is 32.2. The molecule has 0 aliphatic carbocycles. The molecule has 0 bridgehead atoms. The van der Waals surface area contributed by atoms with Crippen LogP contribution in [0, 0.1) is 0 Å². The number of carbonyl (C=O) groups excluding carboxylic acids is 1. The summed E-state index contributed by atoms with van der Waals surface area (Å²) in [6, 6.07) is 26.0. The van der Waals surface area contributed by atoms with Crippen LogP contribution >= 0.6 is 0 Å². The molecule has 5 aromatic rings. The van der Waals surface area contributed by atoms with Crippen LogP contribution < -0.4 is 29.1 Å². The summed E-state index contributed by atoms with van der Waals surface area (Å²) in [4.78, 5) is 22.2. The number of fused-ring (bicyclic) bond motifs is 1. The van der Waals surface area contributed by atoms with Gasteiger partial charge in [-0.15, -0.1) is 0 Å². The van der Waals surface area contributed by atoms with E-state index >= 15 is 0 Å². The lowest BCUT2D eigenvalue weighted by molar-refractivity contribution is -0.115. The monoisotopic (exact) mass is 598 g/mol. The van der Waals surface area contributed by atoms with E-state index in [1.807, 2.05) is 12.1 Å². The van der Waals surface area contributed by atoms with Crippen molar-refractivity contribution in [3.63, 3.8) is 0 Å². The number of hydrogen-bond acceptors (Lipinski definition) is 9. The molecule has 5 rings (SSSR count).